The predicted octanol–water partition coefficient (Wildman–Crippen LogP) is 1.45. The molecule has 1 aliphatic rings. The number of esters is 2. The molecule has 2 rings (SSSR count). The van der Waals surface area contributed by atoms with E-state index in [4.69, 9.17) is 18.9 Å². The smallest absolute Gasteiger partial charge is 0.338 e. The Hall–Kier alpha value is -3.07. The zero-order valence-corrected chi connectivity index (χ0v) is 16.1. The number of carbonyl (C=O) groups is 3. The van der Waals surface area contributed by atoms with E-state index in [9.17, 15) is 14.4 Å². The SMILES string of the molecule is CCOCC(=O)OCC1=C(C(=O)OCC)C(c2ccc(OC)cc2)NC(=O)N1. The molecular weight excluding hydrogens is 368 g/mol. The Bertz CT molecular complexity index is 743. The van der Waals surface area contributed by atoms with E-state index in [1.165, 1.54) is 0 Å². The molecule has 1 heterocycles. The fourth-order valence-electron chi connectivity index (χ4n) is 2.61. The molecule has 152 valence electrons. The van der Waals surface area contributed by atoms with Crippen molar-refractivity contribution in [2.45, 2.75) is 19.9 Å². The first-order chi connectivity index (χ1) is 13.5. The number of rotatable bonds is 9. The van der Waals surface area contributed by atoms with Crippen molar-refractivity contribution >= 4 is 18.0 Å². The molecule has 1 aromatic rings. The maximum atomic E-state index is 12.6. The zero-order chi connectivity index (χ0) is 20.5. The Morgan fingerprint density at radius 3 is 2.39 bits per heavy atom. The fourth-order valence-corrected chi connectivity index (χ4v) is 2.61. The van der Waals surface area contributed by atoms with Gasteiger partial charge < -0.3 is 29.6 Å². The number of benzene rings is 1. The minimum absolute atomic E-state index is 0.156. The molecule has 9 nitrogen and oxygen atoms in total. The Balaban J connectivity index is 2.33. The van der Waals surface area contributed by atoms with Gasteiger partial charge in [-0.15, -0.1) is 0 Å². The van der Waals surface area contributed by atoms with Crippen LogP contribution in [0.1, 0.15) is 25.5 Å². The van der Waals surface area contributed by atoms with Crippen LogP contribution >= 0.6 is 0 Å². The molecule has 1 aliphatic heterocycles. The maximum absolute atomic E-state index is 12.6. The van der Waals surface area contributed by atoms with Crippen molar-refractivity contribution in [1.82, 2.24) is 10.6 Å². The van der Waals surface area contributed by atoms with Crippen LogP contribution in [0.5, 0.6) is 5.75 Å². The van der Waals surface area contributed by atoms with Gasteiger partial charge in [0, 0.05) is 6.61 Å². The van der Waals surface area contributed by atoms with Crippen LogP contribution in [0.15, 0.2) is 35.5 Å². The van der Waals surface area contributed by atoms with Crippen molar-refractivity contribution in [2.75, 3.05) is 33.5 Å². The highest BCUT2D eigenvalue weighted by Gasteiger charge is 2.34. The summed E-state index contributed by atoms with van der Waals surface area (Å²) in [6.45, 7) is 3.44. The van der Waals surface area contributed by atoms with E-state index in [1.54, 1.807) is 45.2 Å². The highest BCUT2D eigenvalue weighted by atomic mass is 16.6. The molecular formula is C19H24N2O7. The van der Waals surface area contributed by atoms with Gasteiger partial charge in [0.1, 0.15) is 19.0 Å². The van der Waals surface area contributed by atoms with Crippen molar-refractivity contribution < 1.29 is 33.3 Å². The van der Waals surface area contributed by atoms with E-state index >= 15 is 0 Å². The van der Waals surface area contributed by atoms with Gasteiger partial charge in [-0.1, -0.05) is 12.1 Å². The van der Waals surface area contributed by atoms with E-state index in [0.29, 0.717) is 17.9 Å². The first-order valence-corrected chi connectivity index (χ1v) is 8.85. The number of nitrogens with one attached hydrogen (secondary N) is 2. The Morgan fingerprint density at radius 1 is 1.07 bits per heavy atom. The summed E-state index contributed by atoms with van der Waals surface area (Å²) in [6, 6.07) is 5.60. The molecule has 2 amide bonds. The number of hydrogen-bond donors (Lipinski definition) is 2. The molecule has 28 heavy (non-hydrogen) atoms. The van der Waals surface area contributed by atoms with Crippen LogP contribution in [0.2, 0.25) is 0 Å². The highest BCUT2D eigenvalue weighted by Crippen LogP contribution is 2.29. The number of methoxy groups -OCH3 is 1. The summed E-state index contributed by atoms with van der Waals surface area (Å²) < 4.78 is 20.4. The summed E-state index contributed by atoms with van der Waals surface area (Å²) in [7, 11) is 1.54. The molecule has 0 saturated carbocycles. The van der Waals surface area contributed by atoms with E-state index in [-0.39, 0.29) is 31.1 Å². The third-order valence-electron chi connectivity index (χ3n) is 3.90. The minimum atomic E-state index is -0.765. The van der Waals surface area contributed by atoms with Gasteiger partial charge in [0.05, 0.1) is 31.0 Å². The molecule has 1 atom stereocenters. The van der Waals surface area contributed by atoms with Crippen LogP contribution in [0.25, 0.3) is 0 Å². The standard InChI is InChI=1S/C19H24N2O7/c1-4-26-11-15(22)28-10-14-16(18(23)27-5-2)17(21-19(24)20-14)12-6-8-13(25-3)9-7-12/h6-9,17H,4-5,10-11H2,1-3H3,(H2,20,21,24). The summed E-state index contributed by atoms with van der Waals surface area (Å²) >= 11 is 0. The molecule has 0 spiro atoms. The molecule has 0 fully saturated rings. The van der Waals surface area contributed by atoms with Gasteiger partial charge in [-0.25, -0.2) is 14.4 Å². The molecule has 1 aromatic carbocycles. The largest absolute Gasteiger partial charge is 0.497 e. The van der Waals surface area contributed by atoms with E-state index in [2.05, 4.69) is 10.6 Å². The van der Waals surface area contributed by atoms with Crippen molar-refractivity contribution in [3.05, 3.63) is 41.1 Å². The van der Waals surface area contributed by atoms with Gasteiger partial charge in [-0.3, -0.25) is 0 Å². The second kappa shape index (κ2) is 10.3. The van der Waals surface area contributed by atoms with Crippen LogP contribution in [-0.2, 0) is 23.8 Å². The van der Waals surface area contributed by atoms with Crippen LogP contribution in [0.3, 0.4) is 0 Å². The quantitative estimate of drug-likeness (QED) is 0.612. The van der Waals surface area contributed by atoms with E-state index in [1.807, 2.05) is 0 Å². The number of ether oxygens (including phenoxy) is 4. The average molecular weight is 392 g/mol. The van der Waals surface area contributed by atoms with Crippen LogP contribution in [-0.4, -0.2) is 51.5 Å². The normalized spacial score (nSPS) is 16.1. The fraction of sp³-hybridized carbons (Fsp3) is 0.421. The highest BCUT2D eigenvalue weighted by molar-refractivity contribution is 5.95. The number of hydrogen-bond acceptors (Lipinski definition) is 7. The summed E-state index contributed by atoms with van der Waals surface area (Å²) in [5, 5.41) is 5.22. The first kappa shape index (κ1) is 21.2. The van der Waals surface area contributed by atoms with Gasteiger partial charge >= 0.3 is 18.0 Å². The van der Waals surface area contributed by atoms with E-state index in [0.717, 1.165) is 0 Å². The number of urea groups is 1. The monoisotopic (exact) mass is 392 g/mol. The molecule has 0 saturated heterocycles. The topological polar surface area (TPSA) is 112 Å². The average Bonchev–Trinajstić information content (AvgIpc) is 2.70. The van der Waals surface area contributed by atoms with Gasteiger partial charge in [0.15, 0.2) is 0 Å². The molecule has 0 aromatic heterocycles. The van der Waals surface area contributed by atoms with Crippen molar-refractivity contribution in [3.63, 3.8) is 0 Å². The van der Waals surface area contributed by atoms with Crippen molar-refractivity contribution in [1.29, 1.82) is 0 Å². The Morgan fingerprint density at radius 2 is 1.79 bits per heavy atom. The number of amides is 2. The first-order valence-electron chi connectivity index (χ1n) is 8.85. The number of carbonyl (C=O) groups excluding carboxylic acids is 3. The maximum Gasteiger partial charge on any atom is 0.338 e. The van der Waals surface area contributed by atoms with Gasteiger partial charge in [-0.2, -0.15) is 0 Å². The predicted molar refractivity (Wildman–Crippen MR) is 98.5 cm³/mol. The van der Waals surface area contributed by atoms with Crippen LogP contribution in [0.4, 0.5) is 4.79 Å². The lowest BCUT2D eigenvalue weighted by Gasteiger charge is -2.29. The van der Waals surface area contributed by atoms with Crippen molar-refractivity contribution in [2.24, 2.45) is 0 Å². The molecule has 0 bridgehead atoms. The Labute approximate surface area is 163 Å². The summed E-state index contributed by atoms with van der Waals surface area (Å²) in [5.41, 5.74) is 0.973. The lowest BCUT2D eigenvalue weighted by Crippen LogP contribution is -2.47. The second-order valence-corrected chi connectivity index (χ2v) is 5.72. The van der Waals surface area contributed by atoms with Gasteiger partial charge in [0.2, 0.25) is 0 Å². The van der Waals surface area contributed by atoms with Gasteiger partial charge in [0.25, 0.3) is 0 Å². The molecule has 1 unspecified atom stereocenters. The summed E-state index contributed by atoms with van der Waals surface area (Å²) in [6.07, 6.45) is 0. The minimum Gasteiger partial charge on any atom is -0.497 e. The summed E-state index contributed by atoms with van der Waals surface area (Å²) in [5.74, 6) is -0.589. The van der Waals surface area contributed by atoms with Crippen molar-refractivity contribution in [3.8, 4) is 5.75 Å². The Kier molecular flexibility index (Phi) is 7.82. The third kappa shape index (κ3) is 5.46. The lowest BCUT2D eigenvalue weighted by atomic mass is 9.95. The molecule has 9 heteroatoms. The molecule has 0 radical (unpaired) electrons. The second-order valence-electron chi connectivity index (χ2n) is 5.72. The lowest BCUT2D eigenvalue weighted by molar-refractivity contribution is -0.148. The summed E-state index contributed by atoms with van der Waals surface area (Å²) in [4.78, 5) is 36.4. The van der Waals surface area contributed by atoms with Gasteiger partial charge in [-0.05, 0) is 31.5 Å². The molecule has 0 aliphatic carbocycles. The zero-order valence-electron chi connectivity index (χ0n) is 16.1. The van der Waals surface area contributed by atoms with E-state index < -0.39 is 24.0 Å². The third-order valence-corrected chi connectivity index (χ3v) is 3.90. The van der Waals surface area contributed by atoms with Crippen LogP contribution in [0, 0.1) is 0 Å². The van der Waals surface area contributed by atoms with Crippen LogP contribution < -0.4 is 15.4 Å². The molecule has 2 N–H and O–H groups in total.